The van der Waals surface area contributed by atoms with Gasteiger partial charge in [0.2, 0.25) is 0 Å². The molecule has 4 heterocycles. The van der Waals surface area contributed by atoms with E-state index in [0.29, 0.717) is 11.3 Å². The van der Waals surface area contributed by atoms with Crippen LogP contribution >= 0.6 is 0 Å². The lowest BCUT2D eigenvalue weighted by Gasteiger charge is -2.10. The maximum atomic E-state index is 13.2. The van der Waals surface area contributed by atoms with E-state index in [4.69, 9.17) is 10.8 Å². The molecule has 8 nitrogen and oxygen atoms in total. The van der Waals surface area contributed by atoms with Gasteiger partial charge in [-0.25, -0.2) is 14.2 Å². The van der Waals surface area contributed by atoms with Crippen molar-refractivity contribution in [2.75, 3.05) is 5.73 Å². The van der Waals surface area contributed by atoms with Crippen LogP contribution in [0, 0.1) is 5.82 Å². The smallest absolute Gasteiger partial charge is 0.341 e. The Morgan fingerprint density at radius 2 is 1.94 bits per heavy atom. The Hall–Kier alpha value is -4.27. The first kappa shape index (κ1) is 20.6. The number of hydrogen-bond acceptors (Lipinski definition) is 5. The lowest BCUT2D eigenvalue weighted by Crippen LogP contribution is -2.03. The number of pyridine rings is 1. The minimum atomic E-state index is -1.17. The highest BCUT2D eigenvalue weighted by Crippen LogP contribution is 2.28. The van der Waals surface area contributed by atoms with Crippen LogP contribution in [0.1, 0.15) is 34.5 Å². The largest absolute Gasteiger partial charge is 0.477 e. The van der Waals surface area contributed by atoms with E-state index in [1.807, 2.05) is 0 Å². The zero-order chi connectivity index (χ0) is 22.9. The number of halogens is 1. The molecule has 0 unspecified atom stereocenters. The first-order chi connectivity index (χ1) is 16.0. The number of aromatic nitrogens is 5. The van der Waals surface area contributed by atoms with Crippen LogP contribution in [0.4, 0.5) is 10.2 Å². The molecule has 6 rings (SSSR count). The number of aryl methyl sites for hydroxylation is 2. The van der Waals surface area contributed by atoms with Crippen molar-refractivity contribution in [3.63, 3.8) is 0 Å². The molecule has 166 valence electrons. The third kappa shape index (κ3) is 3.89. The molecular formula is C24H21FN6O2. The topological polar surface area (TPSA) is 122 Å². The Balaban J connectivity index is 0.000000151. The fourth-order valence-corrected chi connectivity index (χ4v) is 4.20. The van der Waals surface area contributed by atoms with Gasteiger partial charge in [-0.15, -0.1) is 0 Å². The SMILES string of the molecule is Nc1cc(-c2cncc(F)c2)nc2c(C(=O)O)cnn12.c1ccc2c3c([nH]c2c1)CCCC3. The average molecular weight is 444 g/mol. The first-order valence-electron chi connectivity index (χ1n) is 10.6. The van der Waals surface area contributed by atoms with Crippen molar-refractivity contribution in [3.05, 3.63) is 77.6 Å². The van der Waals surface area contributed by atoms with Gasteiger partial charge < -0.3 is 15.8 Å². The quantitative estimate of drug-likeness (QED) is 0.374. The fraction of sp³-hybridized carbons (Fsp3) is 0.167. The number of fused-ring (bicyclic) bond motifs is 4. The summed E-state index contributed by atoms with van der Waals surface area (Å²) >= 11 is 0. The standard InChI is InChI=1S/C12H8FN5O2.C12H13N/c13-7-1-6(3-15-4-7)9-2-10(14)18-11(17-9)8(5-16-18)12(19)20;1-3-7-11-9(5-1)10-6-2-4-8-12(10)13-11/h1-5H,14H2,(H,19,20);1,3,5,7,13H,2,4,6,8H2. The van der Waals surface area contributed by atoms with Gasteiger partial charge in [-0.2, -0.15) is 9.61 Å². The van der Waals surface area contributed by atoms with E-state index in [1.54, 1.807) is 5.56 Å². The van der Waals surface area contributed by atoms with Crippen LogP contribution in [0.5, 0.6) is 0 Å². The van der Waals surface area contributed by atoms with Gasteiger partial charge in [-0.3, -0.25) is 4.98 Å². The number of para-hydroxylation sites is 1. The summed E-state index contributed by atoms with van der Waals surface area (Å²) in [5.74, 6) is -1.49. The number of carboxylic acid groups (broad SMARTS) is 1. The number of aromatic amines is 1. The van der Waals surface area contributed by atoms with Crippen LogP contribution in [-0.2, 0) is 12.8 Å². The molecule has 0 saturated heterocycles. The predicted octanol–water partition coefficient (Wildman–Crippen LogP) is 4.26. The van der Waals surface area contributed by atoms with Crippen molar-refractivity contribution in [3.8, 4) is 11.3 Å². The van der Waals surface area contributed by atoms with Gasteiger partial charge in [0.25, 0.3) is 0 Å². The second-order valence-corrected chi connectivity index (χ2v) is 7.89. The minimum Gasteiger partial charge on any atom is -0.477 e. The number of rotatable bonds is 2. The number of benzene rings is 1. The van der Waals surface area contributed by atoms with E-state index in [2.05, 4.69) is 44.3 Å². The van der Waals surface area contributed by atoms with Crippen LogP contribution in [0.15, 0.2) is 55.0 Å². The van der Waals surface area contributed by atoms with E-state index in [0.717, 1.165) is 12.4 Å². The van der Waals surface area contributed by atoms with Crippen molar-refractivity contribution in [2.45, 2.75) is 25.7 Å². The molecule has 0 radical (unpaired) electrons. The summed E-state index contributed by atoms with van der Waals surface area (Å²) < 4.78 is 14.4. The number of carbonyl (C=O) groups is 1. The third-order valence-corrected chi connectivity index (χ3v) is 5.74. The third-order valence-electron chi connectivity index (χ3n) is 5.74. The van der Waals surface area contributed by atoms with Crippen LogP contribution < -0.4 is 5.73 Å². The number of hydrogen-bond donors (Lipinski definition) is 3. The molecule has 0 spiro atoms. The van der Waals surface area contributed by atoms with Crippen LogP contribution in [0.25, 0.3) is 27.8 Å². The fourth-order valence-electron chi connectivity index (χ4n) is 4.20. The van der Waals surface area contributed by atoms with Crippen molar-refractivity contribution in [1.82, 2.24) is 24.6 Å². The van der Waals surface area contributed by atoms with Crippen LogP contribution in [-0.4, -0.2) is 35.6 Å². The van der Waals surface area contributed by atoms with Gasteiger partial charge in [0.15, 0.2) is 5.65 Å². The molecule has 4 aromatic heterocycles. The molecule has 1 aliphatic rings. The Labute approximate surface area is 187 Å². The summed E-state index contributed by atoms with van der Waals surface area (Å²) in [6, 6.07) is 11.4. The van der Waals surface area contributed by atoms with Crippen molar-refractivity contribution in [1.29, 1.82) is 0 Å². The maximum absolute atomic E-state index is 13.2. The molecule has 0 atom stereocenters. The zero-order valence-corrected chi connectivity index (χ0v) is 17.6. The van der Waals surface area contributed by atoms with Gasteiger partial charge in [0, 0.05) is 34.4 Å². The van der Waals surface area contributed by atoms with E-state index >= 15 is 0 Å². The Kier molecular flexibility index (Phi) is 5.21. The molecule has 5 aromatic rings. The highest BCUT2D eigenvalue weighted by atomic mass is 19.1. The Bertz CT molecular complexity index is 1490. The summed E-state index contributed by atoms with van der Waals surface area (Å²) in [5, 5.41) is 14.4. The summed E-state index contributed by atoms with van der Waals surface area (Å²) in [7, 11) is 0. The highest BCUT2D eigenvalue weighted by Gasteiger charge is 2.16. The number of anilines is 1. The molecule has 1 aromatic carbocycles. The zero-order valence-electron chi connectivity index (χ0n) is 17.6. The monoisotopic (exact) mass is 444 g/mol. The molecule has 0 bridgehead atoms. The normalized spacial score (nSPS) is 12.9. The summed E-state index contributed by atoms with van der Waals surface area (Å²) in [6.45, 7) is 0. The molecule has 0 saturated carbocycles. The van der Waals surface area contributed by atoms with Crippen molar-refractivity contribution >= 4 is 28.3 Å². The van der Waals surface area contributed by atoms with Crippen LogP contribution in [0.2, 0.25) is 0 Å². The number of nitrogens with one attached hydrogen (secondary N) is 1. The lowest BCUT2D eigenvalue weighted by molar-refractivity contribution is 0.0698. The second kappa shape index (κ2) is 8.34. The van der Waals surface area contributed by atoms with Crippen molar-refractivity contribution < 1.29 is 14.3 Å². The molecule has 1 aliphatic carbocycles. The number of H-pyrrole nitrogens is 1. The summed E-state index contributed by atoms with van der Waals surface area (Å²) in [4.78, 5) is 22.5. The molecule has 9 heteroatoms. The molecule has 33 heavy (non-hydrogen) atoms. The van der Waals surface area contributed by atoms with E-state index in [9.17, 15) is 9.18 Å². The molecule has 0 fully saturated rings. The second-order valence-electron chi connectivity index (χ2n) is 7.89. The first-order valence-corrected chi connectivity index (χ1v) is 10.6. The number of aromatic carboxylic acids is 1. The summed E-state index contributed by atoms with van der Waals surface area (Å²) in [5.41, 5.74) is 10.9. The van der Waals surface area contributed by atoms with E-state index in [-0.39, 0.29) is 17.0 Å². The maximum Gasteiger partial charge on any atom is 0.341 e. The molecular weight excluding hydrogens is 423 g/mol. The van der Waals surface area contributed by atoms with Gasteiger partial charge in [0.05, 0.1) is 18.1 Å². The number of nitrogens with zero attached hydrogens (tertiary/aromatic N) is 4. The van der Waals surface area contributed by atoms with E-state index < -0.39 is 11.8 Å². The highest BCUT2D eigenvalue weighted by molar-refractivity contribution is 5.94. The Morgan fingerprint density at radius 3 is 2.76 bits per heavy atom. The molecule has 0 aliphatic heterocycles. The predicted molar refractivity (Wildman–Crippen MR) is 122 cm³/mol. The van der Waals surface area contributed by atoms with E-state index in [1.165, 1.54) is 65.1 Å². The lowest BCUT2D eigenvalue weighted by atomic mass is 9.96. The number of nitrogens with two attached hydrogens (primary N) is 1. The summed E-state index contributed by atoms with van der Waals surface area (Å²) in [6.07, 6.45) is 8.84. The number of carboxylic acids is 1. The number of nitrogen functional groups attached to an aromatic ring is 1. The van der Waals surface area contributed by atoms with Gasteiger partial charge >= 0.3 is 5.97 Å². The van der Waals surface area contributed by atoms with Crippen LogP contribution in [0.3, 0.4) is 0 Å². The average Bonchev–Trinajstić information content (AvgIpc) is 3.41. The Morgan fingerprint density at radius 1 is 1.12 bits per heavy atom. The molecule has 0 amide bonds. The van der Waals surface area contributed by atoms with Crippen molar-refractivity contribution in [2.24, 2.45) is 0 Å². The van der Waals surface area contributed by atoms with Gasteiger partial charge in [-0.05, 0) is 43.4 Å². The van der Waals surface area contributed by atoms with Gasteiger partial charge in [-0.1, -0.05) is 18.2 Å². The van der Waals surface area contributed by atoms with Gasteiger partial charge in [0.1, 0.15) is 17.2 Å². The minimum absolute atomic E-state index is 0.0806. The molecule has 4 N–H and O–H groups in total.